The summed E-state index contributed by atoms with van der Waals surface area (Å²) in [6, 6.07) is 3.51. The van der Waals surface area contributed by atoms with Crippen molar-refractivity contribution in [2.75, 3.05) is 14.2 Å². The van der Waals surface area contributed by atoms with Crippen molar-refractivity contribution in [3.63, 3.8) is 0 Å². The predicted molar refractivity (Wildman–Crippen MR) is 100.0 cm³/mol. The van der Waals surface area contributed by atoms with Crippen molar-refractivity contribution >= 4 is 41.5 Å². The van der Waals surface area contributed by atoms with Gasteiger partial charge in [0.25, 0.3) is 5.91 Å². The molecule has 0 saturated heterocycles. The fraction of sp³-hybridized carbons (Fsp3) is 0.444. The maximum atomic E-state index is 12.4. The lowest BCUT2D eigenvalue weighted by Crippen LogP contribution is -2.40. The minimum absolute atomic E-state index is 0.0703. The van der Waals surface area contributed by atoms with Gasteiger partial charge in [0, 0.05) is 36.8 Å². The number of ether oxygens (including phenoxy) is 1. The van der Waals surface area contributed by atoms with Gasteiger partial charge in [0.2, 0.25) is 0 Å². The first-order valence-corrected chi connectivity index (χ1v) is 8.47. The Kier molecular flexibility index (Phi) is 8.09. The maximum Gasteiger partial charge on any atom is 0.252 e. The molecule has 2 N–H and O–H groups in total. The van der Waals surface area contributed by atoms with Gasteiger partial charge in [-0.2, -0.15) is 0 Å². The number of carbonyl (C=O) groups is 2. The molecule has 7 heteroatoms. The molecule has 1 spiro atoms. The Morgan fingerprint density at radius 2 is 1.96 bits per heavy atom. The molecule has 2 aliphatic rings. The fourth-order valence-electron chi connectivity index (χ4n) is 3.38. The largest absolute Gasteiger partial charge is 0.400 e. The lowest BCUT2D eigenvalue weighted by atomic mass is 9.95. The van der Waals surface area contributed by atoms with E-state index >= 15 is 0 Å². The Balaban J connectivity index is 0.000000730. The topological polar surface area (TPSA) is 75.6 Å². The summed E-state index contributed by atoms with van der Waals surface area (Å²) in [6.45, 7) is 3.92. The van der Waals surface area contributed by atoms with E-state index in [1.807, 2.05) is 25.9 Å². The number of rotatable bonds is 2. The van der Waals surface area contributed by atoms with Crippen LogP contribution in [0.15, 0.2) is 18.2 Å². The highest BCUT2D eigenvalue weighted by Crippen LogP contribution is 2.41. The third kappa shape index (κ3) is 4.61. The standard InChI is InChI=1S/C16H17Cl2NO2.CH4O.CH2O/c1-9-5-10(17)6-13(18)14(9)12-8-16(19-15(12)20)4-3-11(7-16)21-2;2*1-2/h5-6,8,11H,3-4,7H2,1-2H3,(H,19,20);2H,1H3;1H2. The minimum Gasteiger partial charge on any atom is -0.400 e. The molecule has 1 fully saturated rings. The van der Waals surface area contributed by atoms with E-state index in [0.717, 1.165) is 37.5 Å². The molecular formula is C18H23Cl2NO4. The minimum atomic E-state index is -0.289. The number of aliphatic hydroxyl groups excluding tert-OH is 1. The number of halogens is 2. The maximum absolute atomic E-state index is 12.4. The summed E-state index contributed by atoms with van der Waals surface area (Å²) in [4.78, 5) is 20.4. The highest BCUT2D eigenvalue weighted by molar-refractivity contribution is 6.38. The molecule has 0 radical (unpaired) electrons. The molecule has 2 atom stereocenters. The second-order valence-corrected chi connectivity index (χ2v) is 6.69. The first kappa shape index (κ1) is 21.6. The highest BCUT2D eigenvalue weighted by Gasteiger charge is 2.44. The van der Waals surface area contributed by atoms with E-state index in [1.54, 1.807) is 13.2 Å². The quantitative estimate of drug-likeness (QED) is 0.816. The van der Waals surface area contributed by atoms with Crippen molar-refractivity contribution in [2.24, 2.45) is 0 Å². The molecule has 0 aromatic heterocycles. The van der Waals surface area contributed by atoms with Crippen LogP contribution in [0.3, 0.4) is 0 Å². The molecule has 0 bridgehead atoms. The molecule has 5 nitrogen and oxygen atoms in total. The van der Waals surface area contributed by atoms with E-state index in [-0.39, 0.29) is 17.6 Å². The molecule has 1 saturated carbocycles. The molecule has 1 amide bonds. The Morgan fingerprint density at radius 3 is 2.48 bits per heavy atom. The van der Waals surface area contributed by atoms with Gasteiger partial charge in [0.05, 0.1) is 16.7 Å². The Morgan fingerprint density at radius 1 is 1.32 bits per heavy atom. The molecule has 138 valence electrons. The molecule has 1 aromatic rings. The summed E-state index contributed by atoms with van der Waals surface area (Å²) < 4.78 is 5.41. The average molecular weight is 388 g/mol. The number of amides is 1. The monoisotopic (exact) mass is 387 g/mol. The van der Waals surface area contributed by atoms with Crippen LogP contribution in [0.1, 0.15) is 30.4 Å². The summed E-state index contributed by atoms with van der Waals surface area (Å²) in [5.41, 5.74) is 2.04. The lowest BCUT2D eigenvalue weighted by molar-refractivity contribution is -0.116. The van der Waals surface area contributed by atoms with Crippen LogP contribution < -0.4 is 5.32 Å². The zero-order valence-corrected chi connectivity index (χ0v) is 16.1. The Hall–Kier alpha value is -1.40. The molecule has 1 aromatic carbocycles. The number of aryl methyl sites for hydroxylation is 1. The van der Waals surface area contributed by atoms with Crippen molar-refractivity contribution in [2.45, 2.75) is 37.8 Å². The van der Waals surface area contributed by atoms with E-state index in [2.05, 4.69) is 5.32 Å². The number of methoxy groups -OCH3 is 1. The lowest BCUT2D eigenvalue weighted by Gasteiger charge is -2.21. The molecule has 3 rings (SSSR count). The van der Waals surface area contributed by atoms with Crippen LogP contribution in [0.2, 0.25) is 10.0 Å². The SMILES string of the molecule is C=O.CO.COC1CCC2(C=C(c3c(C)cc(Cl)cc3Cl)C(=O)N2)C1. The summed E-state index contributed by atoms with van der Waals surface area (Å²) >= 11 is 12.3. The van der Waals surface area contributed by atoms with Crippen LogP contribution in [0.5, 0.6) is 0 Å². The Bertz CT molecular complexity index is 639. The van der Waals surface area contributed by atoms with Gasteiger partial charge in [-0.15, -0.1) is 0 Å². The van der Waals surface area contributed by atoms with E-state index in [0.29, 0.717) is 15.6 Å². The smallest absolute Gasteiger partial charge is 0.252 e. The van der Waals surface area contributed by atoms with Crippen molar-refractivity contribution in [1.29, 1.82) is 0 Å². The van der Waals surface area contributed by atoms with Crippen LogP contribution in [0.4, 0.5) is 0 Å². The van der Waals surface area contributed by atoms with Crippen molar-refractivity contribution in [3.05, 3.63) is 39.4 Å². The van der Waals surface area contributed by atoms with Gasteiger partial charge in [-0.3, -0.25) is 4.79 Å². The van der Waals surface area contributed by atoms with E-state index in [1.165, 1.54) is 0 Å². The van der Waals surface area contributed by atoms with Crippen molar-refractivity contribution < 1.29 is 19.4 Å². The second-order valence-electron chi connectivity index (χ2n) is 5.85. The van der Waals surface area contributed by atoms with Crippen LogP contribution in [-0.2, 0) is 14.3 Å². The molecular weight excluding hydrogens is 365 g/mol. The number of carbonyl (C=O) groups excluding carboxylic acids is 2. The van der Waals surface area contributed by atoms with Gasteiger partial charge in [-0.1, -0.05) is 23.2 Å². The second kappa shape index (κ2) is 9.34. The van der Waals surface area contributed by atoms with E-state index in [9.17, 15) is 4.79 Å². The van der Waals surface area contributed by atoms with Crippen molar-refractivity contribution in [3.8, 4) is 0 Å². The third-order valence-corrected chi connectivity index (χ3v) is 4.90. The van der Waals surface area contributed by atoms with E-state index in [4.69, 9.17) is 37.8 Å². The summed E-state index contributed by atoms with van der Waals surface area (Å²) in [5.74, 6) is -0.0703. The van der Waals surface area contributed by atoms with Crippen LogP contribution >= 0.6 is 23.2 Å². The molecule has 2 unspecified atom stereocenters. The van der Waals surface area contributed by atoms with Crippen LogP contribution in [0, 0.1) is 6.92 Å². The highest BCUT2D eigenvalue weighted by atomic mass is 35.5. The van der Waals surface area contributed by atoms with Gasteiger partial charge in [0.15, 0.2) is 0 Å². The first-order valence-electron chi connectivity index (χ1n) is 7.72. The average Bonchev–Trinajstić information content (AvgIpc) is 3.13. The molecule has 1 aliphatic carbocycles. The van der Waals surface area contributed by atoms with Gasteiger partial charge in [0.1, 0.15) is 6.79 Å². The Labute approximate surface area is 158 Å². The number of nitrogens with one attached hydrogen (secondary N) is 1. The number of hydrogen-bond acceptors (Lipinski definition) is 4. The number of benzene rings is 1. The van der Waals surface area contributed by atoms with Crippen LogP contribution in [0.25, 0.3) is 5.57 Å². The molecule has 1 heterocycles. The van der Waals surface area contributed by atoms with Crippen molar-refractivity contribution in [1.82, 2.24) is 5.32 Å². The number of hydrogen-bond donors (Lipinski definition) is 2. The third-order valence-electron chi connectivity index (χ3n) is 4.39. The van der Waals surface area contributed by atoms with Gasteiger partial charge in [-0.05, 0) is 43.5 Å². The van der Waals surface area contributed by atoms with E-state index < -0.39 is 0 Å². The zero-order valence-electron chi connectivity index (χ0n) is 14.6. The predicted octanol–water partition coefficient (Wildman–Crippen LogP) is 3.18. The fourth-order valence-corrected chi connectivity index (χ4v) is 4.07. The zero-order chi connectivity index (χ0) is 19.2. The molecule has 1 aliphatic heterocycles. The molecule has 25 heavy (non-hydrogen) atoms. The van der Waals surface area contributed by atoms with Gasteiger partial charge >= 0.3 is 0 Å². The summed E-state index contributed by atoms with van der Waals surface area (Å²) in [6.07, 6.45) is 4.88. The summed E-state index contributed by atoms with van der Waals surface area (Å²) in [7, 11) is 2.71. The van der Waals surface area contributed by atoms with Gasteiger partial charge in [-0.25, -0.2) is 0 Å². The number of aliphatic hydroxyl groups is 1. The first-order chi connectivity index (χ1) is 11.9. The summed E-state index contributed by atoms with van der Waals surface area (Å²) in [5, 5.41) is 11.2. The van der Waals surface area contributed by atoms with Gasteiger partial charge < -0.3 is 20.0 Å². The van der Waals surface area contributed by atoms with Crippen LogP contribution in [-0.4, -0.2) is 43.7 Å². The normalized spacial score (nSPS) is 24.0.